The third-order valence-corrected chi connectivity index (χ3v) is 2.92. The zero-order chi connectivity index (χ0) is 8.23. The second-order valence-corrected chi connectivity index (χ2v) is 3.83. The highest BCUT2D eigenvalue weighted by molar-refractivity contribution is 4.76. The average Bonchev–Trinajstić information content (AvgIpc) is 2.21. The fourth-order valence-electron chi connectivity index (χ4n) is 2.18. The molecule has 69 valence electrons. The molecule has 2 heterocycles. The van der Waals surface area contributed by atoms with Crippen LogP contribution in [0.4, 0.5) is 0 Å². The molecule has 2 aliphatic heterocycles. The van der Waals surface area contributed by atoms with Crippen LogP contribution in [0.1, 0.15) is 32.1 Å². The topological polar surface area (TPSA) is 6.48 Å². The fourth-order valence-corrected chi connectivity index (χ4v) is 2.18. The predicted octanol–water partition coefficient (Wildman–Crippen LogP) is 1.69. The van der Waals surface area contributed by atoms with E-state index >= 15 is 0 Å². The first kappa shape index (κ1) is 8.52. The Balaban J connectivity index is 1.80. The number of hydrogen-bond acceptors (Lipinski definition) is 2. The zero-order valence-corrected chi connectivity index (χ0v) is 7.84. The van der Waals surface area contributed by atoms with E-state index in [9.17, 15) is 0 Å². The Morgan fingerprint density at radius 3 is 1.92 bits per heavy atom. The van der Waals surface area contributed by atoms with Gasteiger partial charge in [-0.2, -0.15) is 0 Å². The van der Waals surface area contributed by atoms with Crippen molar-refractivity contribution >= 4 is 0 Å². The summed E-state index contributed by atoms with van der Waals surface area (Å²) in [5, 5.41) is 5.12. The lowest BCUT2D eigenvalue weighted by Gasteiger charge is -2.39. The molecule has 0 N–H and O–H groups in total. The minimum Gasteiger partial charge on any atom is -0.242 e. The first-order valence-electron chi connectivity index (χ1n) is 5.28. The van der Waals surface area contributed by atoms with Crippen molar-refractivity contribution in [1.29, 1.82) is 0 Å². The molecule has 0 atom stereocenters. The monoisotopic (exact) mass is 167 g/mol. The lowest BCUT2D eigenvalue weighted by atomic mass is 10.1. The van der Waals surface area contributed by atoms with Crippen molar-refractivity contribution in [2.24, 2.45) is 0 Å². The van der Waals surface area contributed by atoms with Gasteiger partial charge in [0.25, 0.3) is 0 Å². The number of hydrazine groups is 1. The van der Waals surface area contributed by atoms with Gasteiger partial charge >= 0.3 is 0 Å². The van der Waals surface area contributed by atoms with Gasteiger partial charge in [-0.1, -0.05) is 6.42 Å². The van der Waals surface area contributed by atoms with E-state index in [1.165, 1.54) is 58.3 Å². The van der Waals surface area contributed by atoms with Gasteiger partial charge in [0.2, 0.25) is 0 Å². The first-order valence-corrected chi connectivity index (χ1v) is 5.28. The van der Waals surface area contributed by atoms with Gasteiger partial charge in [0.1, 0.15) is 0 Å². The summed E-state index contributed by atoms with van der Waals surface area (Å²) in [6.45, 7) is 5.14. The van der Waals surface area contributed by atoms with Gasteiger partial charge in [0, 0.05) is 26.2 Å². The molecular formula is C10H19N2. The number of nitrogens with zero attached hydrogens (tertiary/aromatic N) is 2. The Hall–Kier alpha value is -0.0800. The second-order valence-electron chi connectivity index (χ2n) is 3.83. The van der Waals surface area contributed by atoms with Crippen LogP contribution in [0.5, 0.6) is 0 Å². The molecule has 0 aromatic carbocycles. The molecule has 2 aliphatic rings. The van der Waals surface area contributed by atoms with E-state index in [1.54, 1.807) is 0 Å². The minimum absolute atomic E-state index is 1.26. The molecular weight excluding hydrogens is 148 g/mol. The summed E-state index contributed by atoms with van der Waals surface area (Å²) in [6, 6.07) is 0. The van der Waals surface area contributed by atoms with Crippen molar-refractivity contribution in [3.63, 3.8) is 0 Å². The van der Waals surface area contributed by atoms with Crippen LogP contribution in [0.25, 0.3) is 0 Å². The summed E-state index contributed by atoms with van der Waals surface area (Å²) >= 11 is 0. The number of rotatable bonds is 1. The SMILES string of the molecule is [CH]1CCN(N2CCCCC2)CC1. The molecule has 2 nitrogen and oxygen atoms in total. The molecule has 12 heavy (non-hydrogen) atoms. The fraction of sp³-hybridized carbons (Fsp3) is 0.900. The van der Waals surface area contributed by atoms with Gasteiger partial charge in [-0.15, -0.1) is 0 Å². The zero-order valence-electron chi connectivity index (χ0n) is 7.84. The maximum absolute atomic E-state index is 2.57. The summed E-state index contributed by atoms with van der Waals surface area (Å²) in [4.78, 5) is 0. The Bertz CT molecular complexity index is 108. The first-order chi connectivity index (χ1) is 5.97. The third kappa shape index (κ3) is 1.99. The van der Waals surface area contributed by atoms with E-state index in [4.69, 9.17) is 0 Å². The van der Waals surface area contributed by atoms with Crippen molar-refractivity contribution < 1.29 is 0 Å². The minimum atomic E-state index is 1.26. The highest BCUT2D eigenvalue weighted by Crippen LogP contribution is 2.15. The van der Waals surface area contributed by atoms with Crippen molar-refractivity contribution in [2.75, 3.05) is 26.2 Å². The smallest absolute Gasteiger partial charge is 0.0136 e. The molecule has 2 saturated heterocycles. The Morgan fingerprint density at radius 1 is 0.667 bits per heavy atom. The van der Waals surface area contributed by atoms with Crippen LogP contribution in [0.15, 0.2) is 0 Å². The van der Waals surface area contributed by atoms with Gasteiger partial charge in [-0.25, -0.2) is 10.0 Å². The lowest BCUT2D eigenvalue weighted by molar-refractivity contribution is -0.0454. The maximum atomic E-state index is 2.57. The normalized spacial score (nSPS) is 29.0. The van der Waals surface area contributed by atoms with Gasteiger partial charge in [-0.3, -0.25) is 0 Å². The molecule has 0 aromatic heterocycles. The highest BCUT2D eigenvalue weighted by Gasteiger charge is 2.19. The van der Waals surface area contributed by atoms with Crippen molar-refractivity contribution in [3.8, 4) is 0 Å². The molecule has 0 aliphatic carbocycles. The van der Waals surface area contributed by atoms with Crippen molar-refractivity contribution in [1.82, 2.24) is 10.0 Å². The van der Waals surface area contributed by atoms with E-state index in [-0.39, 0.29) is 0 Å². The van der Waals surface area contributed by atoms with Crippen LogP contribution in [-0.4, -0.2) is 36.2 Å². The maximum Gasteiger partial charge on any atom is 0.0136 e. The quantitative estimate of drug-likeness (QED) is 0.586. The van der Waals surface area contributed by atoms with E-state index < -0.39 is 0 Å². The van der Waals surface area contributed by atoms with Crippen LogP contribution >= 0.6 is 0 Å². The molecule has 1 radical (unpaired) electrons. The van der Waals surface area contributed by atoms with Crippen LogP contribution in [-0.2, 0) is 0 Å². The highest BCUT2D eigenvalue weighted by atomic mass is 15.6. The summed E-state index contributed by atoms with van der Waals surface area (Å²) in [7, 11) is 0. The Morgan fingerprint density at radius 2 is 1.25 bits per heavy atom. The van der Waals surface area contributed by atoms with Gasteiger partial charge in [0.15, 0.2) is 0 Å². The average molecular weight is 167 g/mol. The van der Waals surface area contributed by atoms with Gasteiger partial charge in [-0.05, 0) is 32.1 Å². The molecule has 0 amide bonds. The molecule has 0 saturated carbocycles. The molecule has 0 aromatic rings. The van der Waals surface area contributed by atoms with Crippen LogP contribution in [0.3, 0.4) is 0 Å². The van der Waals surface area contributed by atoms with E-state index in [2.05, 4.69) is 16.4 Å². The van der Waals surface area contributed by atoms with Crippen LogP contribution in [0.2, 0.25) is 0 Å². The van der Waals surface area contributed by atoms with Gasteiger partial charge < -0.3 is 0 Å². The van der Waals surface area contributed by atoms with Gasteiger partial charge in [0.05, 0.1) is 0 Å². The van der Waals surface area contributed by atoms with E-state index in [1.807, 2.05) is 0 Å². The van der Waals surface area contributed by atoms with E-state index in [0.29, 0.717) is 0 Å². The van der Waals surface area contributed by atoms with Crippen molar-refractivity contribution in [3.05, 3.63) is 6.42 Å². The summed E-state index contributed by atoms with van der Waals surface area (Å²) in [5.74, 6) is 0. The second kappa shape index (κ2) is 4.24. The molecule has 0 bridgehead atoms. The number of hydrogen-bond donors (Lipinski definition) is 0. The lowest BCUT2D eigenvalue weighted by Crippen LogP contribution is -2.47. The van der Waals surface area contributed by atoms with Crippen molar-refractivity contribution in [2.45, 2.75) is 32.1 Å². The summed E-state index contributed by atoms with van der Waals surface area (Å²) in [6.07, 6.45) is 9.24. The van der Waals surface area contributed by atoms with Crippen LogP contribution < -0.4 is 0 Å². The molecule has 2 fully saturated rings. The largest absolute Gasteiger partial charge is 0.242 e. The standard InChI is InChI=1S/C10H19N2/c1-3-7-11(8-4-1)12-9-5-2-6-10-12/h1H,2-10H2. The molecule has 0 spiro atoms. The molecule has 2 rings (SSSR count). The third-order valence-electron chi connectivity index (χ3n) is 2.92. The number of piperidine rings is 2. The Labute approximate surface area is 75.5 Å². The summed E-state index contributed by atoms with van der Waals surface area (Å²) in [5.41, 5.74) is 0. The summed E-state index contributed by atoms with van der Waals surface area (Å²) < 4.78 is 0. The van der Waals surface area contributed by atoms with Crippen LogP contribution in [0, 0.1) is 6.42 Å². The Kier molecular flexibility index (Phi) is 3.01. The predicted molar refractivity (Wildman–Crippen MR) is 50.5 cm³/mol. The molecule has 0 unspecified atom stereocenters. The van der Waals surface area contributed by atoms with E-state index in [0.717, 1.165) is 0 Å². The molecule has 2 heteroatoms.